The van der Waals surface area contributed by atoms with Crippen molar-refractivity contribution >= 4 is 23.3 Å². The topological polar surface area (TPSA) is 90.2 Å². The van der Waals surface area contributed by atoms with Crippen LogP contribution < -0.4 is 5.32 Å². The van der Waals surface area contributed by atoms with Crippen LogP contribution in [0.25, 0.3) is 5.65 Å². The summed E-state index contributed by atoms with van der Waals surface area (Å²) in [6.45, 7) is 0.424. The van der Waals surface area contributed by atoms with Gasteiger partial charge in [-0.1, -0.05) is 6.07 Å². The minimum atomic E-state index is -0.200. The van der Waals surface area contributed by atoms with Crippen LogP contribution in [0.3, 0.4) is 0 Å². The maximum atomic E-state index is 12.3. The van der Waals surface area contributed by atoms with E-state index in [9.17, 15) is 4.79 Å². The Kier molecular flexibility index (Phi) is 3.75. The Labute approximate surface area is 158 Å². The Morgan fingerprint density at radius 1 is 1.30 bits per heavy atom. The van der Waals surface area contributed by atoms with Crippen LogP contribution >= 0.6 is 11.8 Å². The smallest absolute Gasteiger partial charge is 0.221 e. The second-order valence-corrected chi connectivity index (χ2v) is 7.36. The van der Waals surface area contributed by atoms with E-state index in [0.29, 0.717) is 18.1 Å². The lowest BCUT2D eigenvalue weighted by atomic mass is 9.97. The number of nitrogens with zero attached hydrogens (tertiary/aromatic N) is 5. The average Bonchev–Trinajstić information content (AvgIpc) is 3.36. The lowest BCUT2D eigenvalue weighted by Gasteiger charge is -2.12. The van der Waals surface area contributed by atoms with E-state index in [4.69, 9.17) is 4.42 Å². The van der Waals surface area contributed by atoms with Crippen molar-refractivity contribution in [3.8, 4) is 0 Å². The molecule has 5 rings (SSSR count). The lowest BCUT2D eigenvalue weighted by molar-refractivity contribution is -0.121. The molecule has 0 fully saturated rings. The van der Waals surface area contributed by atoms with E-state index in [1.165, 1.54) is 11.8 Å². The van der Waals surface area contributed by atoms with Crippen molar-refractivity contribution in [3.63, 3.8) is 0 Å². The predicted octanol–water partition coefficient (Wildman–Crippen LogP) is 2.36. The molecule has 5 heterocycles. The summed E-state index contributed by atoms with van der Waals surface area (Å²) in [5.74, 6) is 0.527. The van der Waals surface area contributed by atoms with Crippen LogP contribution in [0.15, 0.2) is 57.5 Å². The first-order chi connectivity index (χ1) is 13.2. The van der Waals surface area contributed by atoms with Gasteiger partial charge in [0.15, 0.2) is 10.2 Å². The minimum absolute atomic E-state index is 0.0124. The van der Waals surface area contributed by atoms with Gasteiger partial charge in [0.05, 0.1) is 23.9 Å². The highest BCUT2D eigenvalue weighted by Gasteiger charge is 2.31. The third-order valence-electron chi connectivity index (χ3n) is 4.62. The summed E-state index contributed by atoms with van der Waals surface area (Å²) >= 11 is 1.40. The number of rotatable bonds is 3. The summed E-state index contributed by atoms with van der Waals surface area (Å²) in [5.41, 5.74) is 2.73. The van der Waals surface area contributed by atoms with Gasteiger partial charge in [0.1, 0.15) is 17.7 Å². The molecule has 0 aromatic carbocycles. The molecule has 0 radical (unpaired) electrons. The molecule has 0 saturated carbocycles. The summed E-state index contributed by atoms with van der Waals surface area (Å²) in [4.78, 5) is 16.9. The van der Waals surface area contributed by atoms with Crippen molar-refractivity contribution in [1.29, 1.82) is 0 Å². The fraction of sp³-hybridized carbons (Fsp3) is 0.222. The van der Waals surface area contributed by atoms with Gasteiger partial charge in [0.25, 0.3) is 0 Å². The van der Waals surface area contributed by atoms with Crippen LogP contribution in [-0.4, -0.2) is 30.1 Å². The van der Waals surface area contributed by atoms with Gasteiger partial charge < -0.3 is 18.7 Å². The number of fused-ring (bicyclic) bond motifs is 3. The molecule has 0 spiro atoms. The number of furan rings is 1. The molecule has 1 amide bonds. The third kappa shape index (κ3) is 2.80. The number of aromatic nitrogens is 5. The van der Waals surface area contributed by atoms with Crippen molar-refractivity contribution in [3.05, 3.63) is 60.0 Å². The largest absolute Gasteiger partial charge is 0.454 e. The lowest BCUT2D eigenvalue weighted by Crippen LogP contribution is -2.21. The maximum Gasteiger partial charge on any atom is 0.221 e. The van der Waals surface area contributed by atoms with Gasteiger partial charge in [-0.25, -0.2) is 4.98 Å². The van der Waals surface area contributed by atoms with E-state index in [1.807, 2.05) is 52.5 Å². The van der Waals surface area contributed by atoms with E-state index in [-0.39, 0.29) is 11.8 Å². The Bertz CT molecular complexity index is 1140. The molecule has 136 valence electrons. The number of carbonyl (C=O) groups excluding carboxylic acids is 1. The molecule has 4 aromatic rings. The van der Waals surface area contributed by atoms with E-state index < -0.39 is 0 Å². The first kappa shape index (κ1) is 16.1. The van der Waals surface area contributed by atoms with Crippen molar-refractivity contribution in [1.82, 2.24) is 29.5 Å². The molecule has 9 heteroatoms. The molecule has 8 nitrogen and oxygen atoms in total. The fourth-order valence-corrected chi connectivity index (χ4v) is 4.10. The molecule has 1 N–H and O–H groups in total. The number of amides is 1. The van der Waals surface area contributed by atoms with E-state index >= 15 is 0 Å². The Morgan fingerprint density at radius 2 is 2.22 bits per heavy atom. The quantitative estimate of drug-likeness (QED) is 0.587. The van der Waals surface area contributed by atoms with E-state index in [1.54, 1.807) is 6.33 Å². The Balaban J connectivity index is 1.56. The van der Waals surface area contributed by atoms with Crippen LogP contribution in [0.2, 0.25) is 0 Å². The molecule has 4 aromatic heterocycles. The SMILES string of the molecule is Cn1cnnc1Sc1ccc([C@@H]2CC(=O)NCc3nc4ccccn4c32)o1. The van der Waals surface area contributed by atoms with Gasteiger partial charge in [-0.15, -0.1) is 10.2 Å². The summed E-state index contributed by atoms with van der Waals surface area (Å²) in [6, 6.07) is 9.71. The summed E-state index contributed by atoms with van der Waals surface area (Å²) < 4.78 is 9.96. The normalized spacial score (nSPS) is 16.9. The average molecular weight is 380 g/mol. The third-order valence-corrected chi connectivity index (χ3v) is 5.60. The number of pyridine rings is 1. The number of hydrogen-bond acceptors (Lipinski definition) is 6. The zero-order valence-electron chi connectivity index (χ0n) is 14.5. The fourth-order valence-electron chi connectivity index (χ4n) is 3.37. The number of nitrogens with one attached hydrogen (secondary N) is 1. The molecule has 1 aliphatic rings. The maximum absolute atomic E-state index is 12.3. The highest BCUT2D eigenvalue weighted by molar-refractivity contribution is 7.99. The predicted molar refractivity (Wildman–Crippen MR) is 97.3 cm³/mol. The molecule has 0 aliphatic carbocycles. The first-order valence-corrected chi connectivity index (χ1v) is 9.35. The molecule has 1 atom stereocenters. The van der Waals surface area contributed by atoms with Crippen LogP contribution in [-0.2, 0) is 18.4 Å². The number of imidazole rings is 1. The van der Waals surface area contributed by atoms with Crippen LogP contribution in [0, 0.1) is 0 Å². The number of aryl methyl sites for hydroxylation is 1. The molecular formula is C18H16N6O2S. The van der Waals surface area contributed by atoms with E-state index in [0.717, 1.165) is 28.0 Å². The van der Waals surface area contributed by atoms with Gasteiger partial charge in [-0.3, -0.25) is 4.79 Å². The van der Waals surface area contributed by atoms with Crippen LogP contribution in [0.4, 0.5) is 0 Å². The van der Waals surface area contributed by atoms with Crippen molar-refractivity contribution in [2.75, 3.05) is 0 Å². The molecule has 27 heavy (non-hydrogen) atoms. The van der Waals surface area contributed by atoms with Crippen molar-refractivity contribution < 1.29 is 9.21 Å². The monoisotopic (exact) mass is 380 g/mol. The highest BCUT2D eigenvalue weighted by Crippen LogP contribution is 2.36. The van der Waals surface area contributed by atoms with Gasteiger partial charge >= 0.3 is 0 Å². The standard InChI is InChI=1S/C18H16N6O2S/c1-23-10-20-22-18(23)27-16-6-5-13(26-16)11-8-15(25)19-9-12-17(11)24-7-3-2-4-14(24)21-12/h2-7,10-11H,8-9H2,1H3,(H,19,25)/t11-/m0/s1. The Morgan fingerprint density at radius 3 is 3.07 bits per heavy atom. The van der Waals surface area contributed by atoms with Gasteiger partial charge in [-0.05, 0) is 36.0 Å². The van der Waals surface area contributed by atoms with Gasteiger partial charge in [0, 0.05) is 19.7 Å². The molecule has 0 saturated heterocycles. The second-order valence-electron chi connectivity index (χ2n) is 6.39. The Hall–Kier alpha value is -3.07. The molecule has 1 aliphatic heterocycles. The van der Waals surface area contributed by atoms with Gasteiger partial charge in [-0.2, -0.15) is 0 Å². The zero-order valence-corrected chi connectivity index (χ0v) is 15.3. The second kappa shape index (κ2) is 6.27. The first-order valence-electron chi connectivity index (χ1n) is 8.53. The number of hydrogen-bond donors (Lipinski definition) is 1. The summed E-state index contributed by atoms with van der Waals surface area (Å²) in [7, 11) is 1.88. The molecule has 0 unspecified atom stereocenters. The zero-order chi connectivity index (χ0) is 18.4. The van der Waals surface area contributed by atoms with Crippen LogP contribution in [0.5, 0.6) is 0 Å². The highest BCUT2D eigenvalue weighted by atomic mass is 32.2. The number of carbonyl (C=O) groups is 1. The van der Waals surface area contributed by atoms with E-state index in [2.05, 4.69) is 20.5 Å². The minimum Gasteiger partial charge on any atom is -0.454 e. The molecule has 0 bridgehead atoms. The van der Waals surface area contributed by atoms with Crippen LogP contribution in [0.1, 0.15) is 29.5 Å². The van der Waals surface area contributed by atoms with Gasteiger partial charge in [0.2, 0.25) is 5.91 Å². The van der Waals surface area contributed by atoms with Crippen molar-refractivity contribution in [2.45, 2.75) is 29.1 Å². The molecular weight excluding hydrogens is 364 g/mol. The summed E-state index contributed by atoms with van der Waals surface area (Å²) in [6.07, 6.45) is 3.94. The summed E-state index contributed by atoms with van der Waals surface area (Å²) in [5, 5.41) is 12.3. The van der Waals surface area contributed by atoms with Crippen molar-refractivity contribution in [2.24, 2.45) is 7.05 Å².